The maximum atomic E-state index is 13.1. The number of alkyl halides is 3. The van der Waals surface area contributed by atoms with Crippen LogP contribution in [0.3, 0.4) is 0 Å². The number of halogens is 3. The summed E-state index contributed by atoms with van der Waals surface area (Å²) in [6.07, 6.45) is 0.00492. The molecule has 0 radical (unpaired) electrons. The highest BCUT2D eigenvalue weighted by Crippen LogP contribution is 2.46. The lowest BCUT2D eigenvalue weighted by Gasteiger charge is -2.21. The second kappa shape index (κ2) is 5.40. The monoisotopic (exact) mass is 388 g/mol. The molecule has 5 rings (SSSR count). The van der Waals surface area contributed by atoms with Gasteiger partial charge in [-0.25, -0.2) is 0 Å². The van der Waals surface area contributed by atoms with Crippen LogP contribution in [0.15, 0.2) is 18.3 Å². The number of amides is 1. The maximum Gasteiger partial charge on any atom is 0.406 e. The van der Waals surface area contributed by atoms with E-state index >= 15 is 0 Å². The Hall–Kier alpha value is -2.77. The van der Waals surface area contributed by atoms with Crippen LogP contribution < -0.4 is 4.90 Å². The molecular formula is C20H19F3N4O. The molecule has 2 aromatic heterocycles. The third-order valence-electron chi connectivity index (χ3n) is 5.94. The number of aryl methyl sites for hydroxylation is 2. The van der Waals surface area contributed by atoms with Crippen LogP contribution in [0.1, 0.15) is 37.0 Å². The predicted molar refractivity (Wildman–Crippen MR) is 99.3 cm³/mol. The fraction of sp³-hybridized carbons (Fsp3) is 0.400. The van der Waals surface area contributed by atoms with Gasteiger partial charge in [0.05, 0.1) is 23.0 Å². The number of aromatic amines is 2. The average Bonchev–Trinajstić information content (AvgIpc) is 3.22. The van der Waals surface area contributed by atoms with E-state index in [1.54, 1.807) is 19.9 Å². The molecule has 1 amide bonds. The molecule has 3 heterocycles. The smallest absolute Gasteiger partial charge is 0.353 e. The molecule has 0 fully saturated rings. The lowest BCUT2D eigenvalue weighted by atomic mass is 9.85. The molecule has 8 heteroatoms. The Kier molecular flexibility index (Phi) is 3.34. The first-order valence-corrected chi connectivity index (χ1v) is 9.27. The number of benzene rings is 1. The topological polar surface area (TPSA) is 64.8 Å². The lowest BCUT2D eigenvalue weighted by Crippen LogP contribution is -2.41. The minimum Gasteiger partial charge on any atom is -0.353 e. The van der Waals surface area contributed by atoms with Gasteiger partial charge < -0.3 is 9.88 Å². The zero-order chi connectivity index (χ0) is 19.8. The van der Waals surface area contributed by atoms with E-state index in [-0.39, 0.29) is 0 Å². The van der Waals surface area contributed by atoms with Gasteiger partial charge >= 0.3 is 6.18 Å². The van der Waals surface area contributed by atoms with Crippen LogP contribution in [0, 0.1) is 0 Å². The summed E-state index contributed by atoms with van der Waals surface area (Å²) >= 11 is 0. The summed E-state index contributed by atoms with van der Waals surface area (Å²) in [7, 11) is 0. The van der Waals surface area contributed by atoms with E-state index < -0.39 is 24.0 Å². The van der Waals surface area contributed by atoms with Crippen LogP contribution in [0.2, 0.25) is 0 Å². The highest BCUT2D eigenvalue weighted by molar-refractivity contribution is 6.10. The number of anilines is 1. The first kappa shape index (κ1) is 17.3. The van der Waals surface area contributed by atoms with Crippen molar-refractivity contribution in [1.29, 1.82) is 0 Å². The molecule has 146 valence electrons. The van der Waals surface area contributed by atoms with Crippen molar-refractivity contribution in [3.63, 3.8) is 0 Å². The number of hydrogen-bond donors (Lipinski definition) is 2. The second-order valence-corrected chi connectivity index (χ2v) is 8.15. The predicted octanol–water partition coefficient (Wildman–Crippen LogP) is 4.23. The highest BCUT2D eigenvalue weighted by atomic mass is 19.4. The van der Waals surface area contributed by atoms with Gasteiger partial charge in [-0.3, -0.25) is 9.89 Å². The number of carbonyl (C=O) groups is 1. The Morgan fingerprint density at radius 2 is 2.00 bits per heavy atom. The zero-order valence-electron chi connectivity index (χ0n) is 15.5. The minimum atomic E-state index is -4.46. The SMILES string of the molecule is CC1(C)C(=O)N(CC(F)(F)F)c2cc3c4c([nH]c3cc21)-c1[nH]ncc1CCC4. The number of fused-ring (bicyclic) bond motifs is 6. The fourth-order valence-electron chi connectivity index (χ4n) is 4.55. The summed E-state index contributed by atoms with van der Waals surface area (Å²) in [5.41, 5.74) is 4.88. The molecule has 28 heavy (non-hydrogen) atoms. The summed E-state index contributed by atoms with van der Waals surface area (Å²) in [4.78, 5) is 17.0. The summed E-state index contributed by atoms with van der Waals surface area (Å²) < 4.78 is 39.4. The Balaban J connectivity index is 1.74. The fourth-order valence-corrected chi connectivity index (χ4v) is 4.55. The molecule has 1 aliphatic heterocycles. The van der Waals surface area contributed by atoms with Crippen LogP contribution in [0.4, 0.5) is 18.9 Å². The van der Waals surface area contributed by atoms with Crippen molar-refractivity contribution in [1.82, 2.24) is 15.2 Å². The molecule has 0 saturated carbocycles. The molecule has 2 N–H and O–H groups in total. The van der Waals surface area contributed by atoms with Gasteiger partial charge in [0.1, 0.15) is 6.54 Å². The Bertz CT molecular complexity index is 1120. The normalized spacial score (nSPS) is 18.2. The highest BCUT2D eigenvalue weighted by Gasteiger charge is 2.48. The summed E-state index contributed by atoms with van der Waals surface area (Å²) in [5, 5.41) is 8.05. The first-order valence-electron chi connectivity index (χ1n) is 9.27. The minimum absolute atomic E-state index is 0.357. The summed E-state index contributed by atoms with van der Waals surface area (Å²) in [5.74, 6) is -0.519. The van der Waals surface area contributed by atoms with Crippen LogP contribution >= 0.6 is 0 Å². The Morgan fingerprint density at radius 3 is 2.75 bits per heavy atom. The molecule has 1 aliphatic carbocycles. The van der Waals surface area contributed by atoms with Gasteiger partial charge in [-0.05, 0) is 61.9 Å². The average molecular weight is 388 g/mol. The number of nitrogens with one attached hydrogen (secondary N) is 2. The second-order valence-electron chi connectivity index (χ2n) is 8.15. The number of H-pyrrole nitrogens is 2. The van der Waals surface area contributed by atoms with Gasteiger partial charge in [0.2, 0.25) is 5.91 Å². The first-order chi connectivity index (χ1) is 13.2. The van der Waals surface area contributed by atoms with Crippen molar-refractivity contribution >= 4 is 22.5 Å². The van der Waals surface area contributed by atoms with Crippen LogP contribution in [0.5, 0.6) is 0 Å². The van der Waals surface area contributed by atoms with E-state index in [9.17, 15) is 18.0 Å². The Labute approximate surface area is 158 Å². The standard InChI is InChI=1S/C20H19F3N4O/c1-19(2)13-7-14-12(6-15(13)27(18(19)28)9-20(21,22)23)11-5-3-4-10-8-24-26-16(10)17(11)25-14/h6-8,25H,3-5,9H2,1-2H3,(H,24,26). The quantitative estimate of drug-likeness (QED) is 0.655. The van der Waals surface area contributed by atoms with Crippen LogP contribution in [-0.2, 0) is 23.1 Å². The molecule has 0 unspecified atom stereocenters. The van der Waals surface area contributed by atoms with E-state index in [2.05, 4.69) is 15.2 Å². The van der Waals surface area contributed by atoms with Crippen molar-refractivity contribution in [2.45, 2.75) is 44.7 Å². The van der Waals surface area contributed by atoms with Crippen molar-refractivity contribution in [2.24, 2.45) is 0 Å². The molecule has 5 nitrogen and oxygen atoms in total. The summed E-state index contributed by atoms with van der Waals surface area (Å²) in [6, 6.07) is 3.59. The molecule has 0 bridgehead atoms. The third-order valence-corrected chi connectivity index (χ3v) is 5.94. The van der Waals surface area contributed by atoms with Gasteiger partial charge in [0.15, 0.2) is 0 Å². The number of aromatic nitrogens is 3. The summed E-state index contributed by atoms with van der Waals surface area (Å²) in [6.45, 7) is 2.08. The van der Waals surface area contributed by atoms with Crippen molar-refractivity contribution in [3.05, 3.63) is 35.0 Å². The van der Waals surface area contributed by atoms with Gasteiger partial charge in [0.25, 0.3) is 0 Å². The third kappa shape index (κ3) is 2.33. The maximum absolute atomic E-state index is 13.1. The molecule has 0 spiro atoms. The van der Waals surface area contributed by atoms with Crippen LogP contribution in [0.25, 0.3) is 22.3 Å². The molecule has 1 aromatic carbocycles. The van der Waals surface area contributed by atoms with Crippen molar-refractivity contribution in [3.8, 4) is 11.4 Å². The number of nitrogens with zero attached hydrogens (tertiary/aromatic N) is 2. The molecule has 0 atom stereocenters. The van der Waals surface area contributed by atoms with Gasteiger partial charge in [-0.1, -0.05) is 0 Å². The molecule has 3 aromatic rings. The van der Waals surface area contributed by atoms with Gasteiger partial charge in [0, 0.05) is 16.6 Å². The Morgan fingerprint density at radius 1 is 1.21 bits per heavy atom. The van der Waals surface area contributed by atoms with Crippen LogP contribution in [-0.4, -0.2) is 33.8 Å². The van der Waals surface area contributed by atoms with E-state index in [1.165, 1.54) is 0 Å². The molecule has 0 saturated heterocycles. The largest absolute Gasteiger partial charge is 0.406 e. The van der Waals surface area contributed by atoms with Crippen molar-refractivity contribution in [2.75, 3.05) is 11.4 Å². The number of hydrogen-bond acceptors (Lipinski definition) is 2. The van der Waals surface area contributed by atoms with Crippen molar-refractivity contribution < 1.29 is 18.0 Å². The lowest BCUT2D eigenvalue weighted by molar-refractivity contribution is -0.134. The zero-order valence-corrected chi connectivity index (χ0v) is 15.5. The van der Waals surface area contributed by atoms with Gasteiger partial charge in [-0.2, -0.15) is 18.3 Å². The number of rotatable bonds is 1. The molecular weight excluding hydrogens is 369 g/mol. The van der Waals surface area contributed by atoms with E-state index in [4.69, 9.17) is 0 Å². The number of carbonyl (C=O) groups excluding carboxylic acids is 1. The van der Waals surface area contributed by atoms with Gasteiger partial charge in [-0.15, -0.1) is 0 Å². The molecule has 2 aliphatic rings. The van der Waals surface area contributed by atoms with E-state index in [0.717, 1.165) is 57.6 Å². The van der Waals surface area contributed by atoms with E-state index in [1.807, 2.05) is 12.3 Å². The van der Waals surface area contributed by atoms with E-state index in [0.29, 0.717) is 11.3 Å².